The van der Waals surface area contributed by atoms with Crippen molar-refractivity contribution in [3.05, 3.63) is 35.7 Å². The SMILES string of the molecule is COCCOCc1nc(C2CCN(C(=O)c3cccn3C)C2)no1. The number of carbonyl (C=O) groups excluding carboxylic acids is 1. The van der Waals surface area contributed by atoms with Crippen LogP contribution in [0.2, 0.25) is 0 Å². The molecule has 1 fully saturated rings. The monoisotopic (exact) mass is 334 g/mol. The molecule has 2 aromatic rings. The third-order valence-corrected chi connectivity index (χ3v) is 4.14. The van der Waals surface area contributed by atoms with E-state index in [4.69, 9.17) is 14.0 Å². The van der Waals surface area contributed by atoms with Crippen LogP contribution in [0.4, 0.5) is 0 Å². The van der Waals surface area contributed by atoms with Crippen molar-refractivity contribution < 1.29 is 18.8 Å². The maximum atomic E-state index is 12.5. The Kier molecular flexibility index (Phi) is 5.27. The van der Waals surface area contributed by atoms with Gasteiger partial charge in [0.15, 0.2) is 5.82 Å². The first-order valence-electron chi connectivity index (χ1n) is 7.99. The zero-order chi connectivity index (χ0) is 16.9. The molecule has 3 rings (SSSR count). The Hall–Kier alpha value is -2.19. The molecule has 1 aliphatic rings. The van der Waals surface area contributed by atoms with Crippen LogP contribution in [0.3, 0.4) is 0 Å². The molecule has 1 saturated heterocycles. The van der Waals surface area contributed by atoms with Gasteiger partial charge in [-0.05, 0) is 18.6 Å². The molecule has 130 valence electrons. The summed E-state index contributed by atoms with van der Waals surface area (Å²) >= 11 is 0. The highest BCUT2D eigenvalue weighted by Gasteiger charge is 2.31. The van der Waals surface area contributed by atoms with Crippen LogP contribution in [-0.4, -0.2) is 58.9 Å². The minimum Gasteiger partial charge on any atom is -0.382 e. The Morgan fingerprint density at radius 2 is 2.33 bits per heavy atom. The average Bonchev–Trinajstić information content (AvgIpc) is 3.31. The van der Waals surface area contributed by atoms with Crippen LogP contribution in [0.25, 0.3) is 0 Å². The molecule has 2 aromatic heterocycles. The van der Waals surface area contributed by atoms with Crippen molar-refractivity contribution in [3.8, 4) is 0 Å². The Bertz CT molecular complexity index is 681. The third kappa shape index (κ3) is 3.65. The van der Waals surface area contributed by atoms with Crippen molar-refractivity contribution >= 4 is 5.91 Å². The number of hydrogen-bond acceptors (Lipinski definition) is 6. The first kappa shape index (κ1) is 16.7. The second-order valence-corrected chi connectivity index (χ2v) is 5.83. The predicted octanol–water partition coefficient (Wildman–Crippen LogP) is 1.20. The van der Waals surface area contributed by atoms with Gasteiger partial charge in [0.05, 0.1) is 13.2 Å². The fraction of sp³-hybridized carbons (Fsp3) is 0.562. The summed E-state index contributed by atoms with van der Waals surface area (Å²) in [5.41, 5.74) is 0.691. The number of hydrogen-bond donors (Lipinski definition) is 0. The molecule has 8 heteroatoms. The van der Waals surface area contributed by atoms with Crippen LogP contribution >= 0.6 is 0 Å². The lowest BCUT2D eigenvalue weighted by molar-refractivity contribution is 0.0494. The van der Waals surface area contributed by atoms with E-state index in [2.05, 4.69) is 10.1 Å². The molecular weight excluding hydrogens is 312 g/mol. The van der Waals surface area contributed by atoms with E-state index in [1.165, 1.54) is 0 Å². The topological polar surface area (TPSA) is 82.6 Å². The molecular formula is C16H22N4O4. The normalized spacial score (nSPS) is 17.6. The summed E-state index contributed by atoms with van der Waals surface area (Å²) in [6, 6.07) is 3.70. The average molecular weight is 334 g/mol. The number of methoxy groups -OCH3 is 1. The zero-order valence-corrected chi connectivity index (χ0v) is 14.0. The van der Waals surface area contributed by atoms with E-state index in [1.807, 2.05) is 34.8 Å². The van der Waals surface area contributed by atoms with Crippen molar-refractivity contribution in [3.63, 3.8) is 0 Å². The van der Waals surface area contributed by atoms with Gasteiger partial charge in [-0.1, -0.05) is 5.16 Å². The maximum Gasteiger partial charge on any atom is 0.270 e. The fourth-order valence-corrected chi connectivity index (χ4v) is 2.80. The van der Waals surface area contributed by atoms with Gasteiger partial charge < -0.3 is 23.5 Å². The molecule has 0 saturated carbocycles. The zero-order valence-electron chi connectivity index (χ0n) is 14.0. The molecule has 1 amide bonds. The van der Waals surface area contributed by atoms with Gasteiger partial charge in [-0.15, -0.1) is 0 Å². The third-order valence-electron chi connectivity index (χ3n) is 4.14. The molecule has 0 aromatic carbocycles. The van der Waals surface area contributed by atoms with E-state index in [0.29, 0.717) is 43.7 Å². The first-order chi connectivity index (χ1) is 11.7. The number of carbonyl (C=O) groups is 1. The van der Waals surface area contributed by atoms with Crippen LogP contribution in [0.5, 0.6) is 0 Å². The number of likely N-dealkylation sites (tertiary alicyclic amines) is 1. The van der Waals surface area contributed by atoms with Gasteiger partial charge in [-0.25, -0.2) is 0 Å². The quantitative estimate of drug-likeness (QED) is 0.708. The van der Waals surface area contributed by atoms with E-state index in [0.717, 1.165) is 6.42 Å². The van der Waals surface area contributed by atoms with Gasteiger partial charge in [-0.2, -0.15) is 4.98 Å². The molecule has 0 radical (unpaired) electrons. The van der Waals surface area contributed by atoms with Gasteiger partial charge >= 0.3 is 0 Å². The largest absolute Gasteiger partial charge is 0.382 e. The molecule has 0 aliphatic carbocycles. The fourth-order valence-electron chi connectivity index (χ4n) is 2.80. The predicted molar refractivity (Wildman–Crippen MR) is 84.5 cm³/mol. The highest BCUT2D eigenvalue weighted by molar-refractivity contribution is 5.93. The van der Waals surface area contributed by atoms with Crippen molar-refractivity contribution in [2.75, 3.05) is 33.4 Å². The summed E-state index contributed by atoms with van der Waals surface area (Å²) in [5, 5.41) is 4.03. The lowest BCUT2D eigenvalue weighted by Crippen LogP contribution is -2.30. The Morgan fingerprint density at radius 1 is 1.46 bits per heavy atom. The molecule has 3 heterocycles. The van der Waals surface area contributed by atoms with Gasteiger partial charge in [-0.3, -0.25) is 4.79 Å². The molecule has 1 atom stereocenters. The second kappa shape index (κ2) is 7.59. The van der Waals surface area contributed by atoms with Crippen molar-refractivity contribution in [1.29, 1.82) is 0 Å². The van der Waals surface area contributed by atoms with Crippen LogP contribution < -0.4 is 0 Å². The van der Waals surface area contributed by atoms with Crippen LogP contribution in [0.15, 0.2) is 22.9 Å². The highest BCUT2D eigenvalue weighted by atomic mass is 16.5. The van der Waals surface area contributed by atoms with E-state index < -0.39 is 0 Å². The Morgan fingerprint density at radius 3 is 3.08 bits per heavy atom. The number of aromatic nitrogens is 3. The lowest BCUT2D eigenvalue weighted by atomic mass is 10.1. The molecule has 0 spiro atoms. The van der Waals surface area contributed by atoms with Crippen molar-refractivity contribution in [2.45, 2.75) is 18.9 Å². The van der Waals surface area contributed by atoms with Gasteiger partial charge in [0.2, 0.25) is 0 Å². The number of nitrogens with zero attached hydrogens (tertiary/aromatic N) is 4. The lowest BCUT2D eigenvalue weighted by Gasteiger charge is -2.16. The standard InChI is InChI=1S/C16H22N4O4/c1-19-6-3-4-13(19)16(21)20-7-5-12(10-20)15-17-14(24-18-15)11-23-9-8-22-2/h3-4,6,12H,5,7-11H2,1-2H3. The van der Waals surface area contributed by atoms with Gasteiger partial charge in [0.25, 0.3) is 11.8 Å². The molecule has 24 heavy (non-hydrogen) atoms. The number of aryl methyl sites for hydroxylation is 1. The smallest absolute Gasteiger partial charge is 0.270 e. The van der Waals surface area contributed by atoms with Crippen LogP contribution in [0.1, 0.15) is 34.5 Å². The molecule has 0 bridgehead atoms. The van der Waals surface area contributed by atoms with E-state index >= 15 is 0 Å². The van der Waals surface area contributed by atoms with Gasteiger partial charge in [0.1, 0.15) is 12.3 Å². The van der Waals surface area contributed by atoms with Crippen molar-refractivity contribution in [1.82, 2.24) is 19.6 Å². The number of ether oxygens (including phenoxy) is 2. The number of amides is 1. The summed E-state index contributed by atoms with van der Waals surface area (Å²) in [7, 11) is 3.49. The van der Waals surface area contributed by atoms with Crippen LogP contribution in [-0.2, 0) is 23.1 Å². The van der Waals surface area contributed by atoms with Crippen LogP contribution in [0, 0.1) is 0 Å². The van der Waals surface area contributed by atoms with E-state index in [1.54, 1.807) is 7.11 Å². The first-order valence-corrected chi connectivity index (χ1v) is 7.99. The number of rotatable bonds is 7. The molecule has 1 unspecified atom stereocenters. The highest BCUT2D eigenvalue weighted by Crippen LogP contribution is 2.26. The second-order valence-electron chi connectivity index (χ2n) is 5.83. The summed E-state index contributed by atoms with van der Waals surface area (Å²) in [6.45, 7) is 2.59. The summed E-state index contributed by atoms with van der Waals surface area (Å²) in [5.74, 6) is 1.23. The molecule has 0 N–H and O–H groups in total. The Labute approximate surface area is 140 Å². The van der Waals surface area contributed by atoms with E-state index in [9.17, 15) is 4.79 Å². The minimum absolute atomic E-state index is 0.0385. The molecule has 1 aliphatic heterocycles. The minimum atomic E-state index is 0.0385. The van der Waals surface area contributed by atoms with E-state index in [-0.39, 0.29) is 18.4 Å². The summed E-state index contributed by atoms with van der Waals surface area (Å²) < 4.78 is 17.3. The summed E-state index contributed by atoms with van der Waals surface area (Å²) in [6.07, 6.45) is 2.70. The molecule has 8 nitrogen and oxygen atoms in total. The van der Waals surface area contributed by atoms with Crippen molar-refractivity contribution in [2.24, 2.45) is 7.05 Å². The maximum absolute atomic E-state index is 12.5. The van der Waals surface area contributed by atoms with Gasteiger partial charge in [0, 0.05) is 39.4 Å². The summed E-state index contributed by atoms with van der Waals surface area (Å²) in [4.78, 5) is 18.7. The Balaban J connectivity index is 1.55.